The maximum atomic E-state index is 12.5. The van der Waals surface area contributed by atoms with Gasteiger partial charge in [-0.15, -0.1) is 0 Å². The van der Waals surface area contributed by atoms with Crippen LogP contribution in [-0.4, -0.2) is 47.4 Å². The van der Waals surface area contributed by atoms with Crippen LogP contribution in [-0.2, 0) is 14.3 Å². The highest BCUT2D eigenvalue weighted by molar-refractivity contribution is 5.76. The van der Waals surface area contributed by atoms with Crippen LogP contribution in [0.1, 0.15) is 322 Å². The van der Waals surface area contributed by atoms with Gasteiger partial charge in [-0.05, 0) is 51.4 Å². The largest absolute Gasteiger partial charge is 0.466 e. The van der Waals surface area contributed by atoms with E-state index >= 15 is 0 Å². The molecule has 0 aromatic heterocycles. The number of hydrogen-bond donors (Lipinski definition) is 3. The lowest BCUT2D eigenvalue weighted by molar-refractivity contribution is -0.143. The fraction of sp³-hybridized carbons (Fsp3) is 0.931. The van der Waals surface area contributed by atoms with E-state index in [9.17, 15) is 19.8 Å². The molecule has 0 aliphatic rings. The molecule has 0 aromatic rings. The lowest BCUT2D eigenvalue weighted by atomic mass is 10.0. The first-order valence-electron chi connectivity index (χ1n) is 28.9. The fourth-order valence-corrected chi connectivity index (χ4v) is 9.11. The molecular weight excluding hydrogens is 791 g/mol. The quantitative estimate of drug-likeness (QED) is 0.0321. The van der Waals surface area contributed by atoms with Crippen LogP contribution in [0.25, 0.3) is 0 Å². The highest BCUT2D eigenvalue weighted by Gasteiger charge is 2.20. The Bertz CT molecular complexity index is 955. The summed E-state index contributed by atoms with van der Waals surface area (Å²) < 4.78 is 5.47. The monoisotopic (exact) mass is 904 g/mol. The summed E-state index contributed by atoms with van der Waals surface area (Å²) >= 11 is 0. The van der Waals surface area contributed by atoms with Gasteiger partial charge < -0.3 is 20.3 Å². The number of ether oxygens (including phenoxy) is 1. The van der Waals surface area contributed by atoms with Gasteiger partial charge in [-0.25, -0.2) is 0 Å². The number of carbonyl (C=O) groups excluding carboxylic acids is 2. The Kier molecular flexibility index (Phi) is 53.0. The molecule has 1 amide bonds. The van der Waals surface area contributed by atoms with Crippen LogP contribution >= 0.6 is 0 Å². The summed E-state index contributed by atoms with van der Waals surface area (Å²) in [5.41, 5.74) is 0. The molecule has 0 aliphatic heterocycles. The van der Waals surface area contributed by atoms with Crippen LogP contribution < -0.4 is 5.32 Å². The third kappa shape index (κ3) is 50.0. The van der Waals surface area contributed by atoms with Crippen molar-refractivity contribution in [1.29, 1.82) is 0 Å². The van der Waals surface area contributed by atoms with Crippen LogP contribution in [0.4, 0.5) is 0 Å². The molecule has 2 atom stereocenters. The first-order chi connectivity index (χ1) is 31.5. The molecule has 6 nitrogen and oxygen atoms in total. The number of aliphatic hydroxyl groups excluding tert-OH is 2. The van der Waals surface area contributed by atoms with Gasteiger partial charge in [-0.1, -0.05) is 270 Å². The minimum atomic E-state index is -0.668. The topological polar surface area (TPSA) is 95.9 Å². The van der Waals surface area contributed by atoms with Crippen molar-refractivity contribution in [3.8, 4) is 0 Å². The van der Waals surface area contributed by atoms with Crippen molar-refractivity contribution < 1.29 is 24.5 Å². The third-order valence-electron chi connectivity index (χ3n) is 13.6. The molecule has 64 heavy (non-hydrogen) atoms. The lowest BCUT2D eigenvalue weighted by Crippen LogP contribution is -2.45. The van der Waals surface area contributed by atoms with Gasteiger partial charge >= 0.3 is 5.97 Å². The van der Waals surface area contributed by atoms with Crippen molar-refractivity contribution in [2.75, 3.05) is 13.2 Å². The lowest BCUT2D eigenvalue weighted by Gasteiger charge is -2.22. The number of rotatable bonds is 54. The van der Waals surface area contributed by atoms with E-state index in [1.807, 2.05) is 0 Å². The minimum Gasteiger partial charge on any atom is -0.466 e. The first kappa shape index (κ1) is 62.6. The Morgan fingerprint density at radius 2 is 0.734 bits per heavy atom. The summed E-state index contributed by atoms with van der Waals surface area (Å²) in [6, 6.07) is -0.546. The van der Waals surface area contributed by atoms with E-state index in [4.69, 9.17) is 4.74 Å². The summed E-state index contributed by atoms with van der Waals surface area (Å²) in [7, 11) is 0. The Labute approximate surface area is 399 Å². The molecule has 3 N–H and O–H groups in total. The van der Waals surface area contributed by atoms with Crippen LogP contribution in [0.3, 0.4) is 0 Å². The summed E-state index contributed by atoms with van der Waals surface area (Å²) in [6.45, 7) is 4.96. The highest BCUT2D eigenvalue weighted by Crippen LogP contribution is 2.17. The molecule has 6 heteroatoms. The van der Waals surface area contributed by atoms with E-state index in [1.54, 1.807) is 0 Å². The van der Waals surface area contributed by atoms with Crippen molar-refractivity contribution >= 4 is 11.9 Å². The summed E-state index contributed by atoms with van der Waals surface area (Å²) in [5, 5.41) is 23.2. The average Bonchev–Trinajstić information content (AvgIpc) is 3.29. The van der Waals surface area contributed by atoms with E-state index in [-0.39, 0.29) is 18.5 Å². The standard InChI is InChI=1S/C58H113NO5/c1-3-5-7-9-11-13-15-17-27-30-34-38-42-46-50-56(61)55(54-60)59-57(62)51-47-43-39-35-31-28-24-22-20-18-19-21-23-25-29-33-37-41-45-49-53-64-58(63)52-48-44-40-36-32-26-16-14-12-10-8-6-4-2/h18,20,55-56,60-61H,3-17,19,21-54H2,1-2H3,(H,59,62)/b20-18-. The Morgan fingerprint density at radius 3 is 1.11 bits per heavy atom. The van der Waals surface area contributed by atoms with Crippen molar-refractivity contribution in [3.63, 3.8) is 0 Å². The minimum absolute atomic E-state index is 0.00820. The molecule has 0 saturated carbocycles. The number of hydrogen-bond acceptors (Lipinski definition) is 5. The second-order valence-electron chi connectivity index (χ2n) is 20.0. The van der Waals surface area contributed by atoms with Crippen LogP contribution in [0.2, 0.25) is 0 Å². The molecule has 0 radical (unpaired) electrons. The molecule has 0 heterocycles. The van der Waals surface area contributed by atoms with E-state index in [0.29, 0.717) is 25.9 Å². The van der Waals surface area contributed by atoms with Crippen molar-refractivity contribution in [1.82, 2.24) is 5.32 Å². The number of aliphatic hydroxyl groups is 2. The van der Waals surface area contributed by atoms with Gasteiger partial charge in [-0.2, -0.15) is 0 Å². The molecular formula is C58H113NO5. The molecule has 0 saturated heterocycles. The number of esters is 1. The van der Waals surface area contributed by atoms with Gasteiger partial charge in [0.05, 0.1) is 25.4 Å². The number of amides is 1. The Morgan fingerprint density at radius 1 is 0.422 bits per heavy atom. The zero-order valence-electron chi connectivity index (χ0n) is 43.3. The van der Waals surface area contributed by atoms with Crippen LogP contribution in [0.15, 0.2) is 12.2 Å². The number of allylic oxidation sites excluding steroid dienone is 2. The van der Waals surface area contributed by atoms with Gasteiger partial charge in [-0.3, -0.25) is 9.59 Å². The summed E-state index contributed by atoms with van der Waals surface area (Å²) in [6.07, 6.45) is 63.4. The SMILES string of the molecule is CCCCCCCCCCCCCCCCC(O)C(CO)NC(=O)CCCCCCCCC/C=C\CCCCCCCCCCCOC(=O)CCCCCCCCCCCCCCC. The number of unbranched alkanes of at least 4 members (excludes halogenated alkanes) is 41. The number of carbonyl (C=O) groups is 2. The van der Waals surface area contributed by atoms with Crippen molar-refractivity contribution in [3.05, 3.63) is 12.2 Å². The molecule has 2 unspecified atom stereocenters. The highest BCUT2D eigenvalue weighted by atomic mass is 16.5. The number of nitrogens with one attached hydrogen (secondary N) is 1. The second-order valence-corrected chi connectivity index (χ2v) is 20.0. The first-order valence-corrected chi connectivity index (χ1v) is 28.9. The van der Waals surface area contributed by atoms with Gasteiger partial charge in [0.2, 0.25) is 5.91 Å². The van der Waals surface area contributed by atoms with Gasteiger partial charge in [0.25, 0.3) is 0 Å². The van der Waals surface area contributed by atoms with Crippen molar-refractivity contribution in [2.24, 2.45) is 0 Å². The van der Waals surface area contributed by atoms with E-state index < -0.39 is 12.1 Å². The fourth-order valence-electron chi connectivity index (χ4n) is 9.11. The maximum absolute atomic E-state index is 12.5. The van der Waals surface area contributed by atoms with Crippen LogP contribution in [0, 0.1) is 0 Å². The van der Waals surface area contributed by atoms with E-state index in [0.717, 1.165) is 38.5 Å². The Balaban J connectivity index is 3.42. The molecule has 380 valence electrons. The van der Waals surface area contributed by atoms with Crippen molar-refractivity contribution in [2.45, 2.75) is 334 Å². The molecule has 0 spiro atoms. The second kappa shape index (κ2) is 54.2. The molecule has 0 fully saturated rings. The Hall–Kier alpha value is -1.40. The molecule has 0 aromatic carbocycles. The smallest absolute Gasteiger partial charge is 0.305 e. The maximum Gasteiger partial charge on any atom is 0.305 e. The average molecular weight is 905 g/mol. The third-order valence-corrected chi connectivity index (χ3v) is 13.6. The van der Waals surface area contributed by atoms with Gasteiger partial charge in [0.1, 0.15) is 0 Å². The predicted molar refractivity (Wildman–Crippen MR) is 278 cm³/mol. The normalized spacial score (nSPS) is 12.6. The molecule has 0 bridgehead atoms. The van der Waals surface area contributed by atoms with E-state index in [1.165, 1.54) is 250 Å². The zero-order chi connectivity index (χ0) is 46.5. The molecule has 0 aliphatic carbocycles. The molecule has 0 rings (SSSR count). The van der Waals surface area contributed by atoms with Crippen LogP contribution in [0.5, 0.6) is 0 Å². The van der Waals surface area contributed by atoms with E-state index in [2.05, 4.69) is 31.3 Å². The summed E-state index contributed by atoms with van der Waals surface area (Å²) in [5.74, 6) is -0.0338. The van der Waals surface area contributed by atoms with Gasteiger partial charge in [0, 0.05) is 12.8 Å². The predicted octanol–water partition coefficient (Wildman–Crippen LogP) is 17.7. The van der Waals surface area contributed by atoms with Gasteiger partial charge in [0.15, 0.2) is 0 Å². The zero-order valence-corrected chi connectivity index (χ0v) is 43.3. The summed E-state index contributed by atoms with van der Waals surface area (Å²) in [4.78, 5) is 24.5.